The van der Waals surface area contributed by atoms with E-state index in [1.54, 1.807) is 6.34 Å². The van der Waals surface area contributed by atoms with Gasteiger partial charge in [-0.05, 0) is 0 Å². The lowest BCUT2D eigenvalue weighted by molar-refractivity contribution is 0.197. The molecule has 68 valence electrons. The summed E-state index contributed by atoms with van der Waals surface area (Å²) in [5, 5.41) is 3.25. The Morgan fingerprint density at radius 1 is 1.38 bits per heavy atom. The SMILES string of the molecule is CC12C3C=CC1(N)C=CC2NC=N3. The van der Waals surface area contributed by atoms with Crippen LogP contribution < -0.4 is 11.1 Å². The Kier molecular flexibility index (Phi) is 1.06. The summed E-state index contributed by atoms with van der Waals surface area (Å²) in [6.07, 6.45) is 10.2. The highest BCUT2D eigenvalue weighted by molar-refractivity contribution is 5.62. The first kappa shape index (κ1) is 7.33. The quantitative estimate of drug-likeness (QED) is 0.517. The zero-order chi connectivity index (χ0) is 9.10. The number of aliphatic imine (C=N–C) groups is 1. The van der Waals surface area contributed by atoms with Gasteiger partial charge in [0.15, 0.2) is 0 Å². The summed E-state index contributed by atoms with van der Waals surface area (Å²) < 4.78 is 0. The third-order valence-corrected chi connectivity index (χ3v) is 3.80. The van der Waals surface area contributed by atoms with E-state index >= 15 is 0 Å². The molecular weight excluding hydrogens is 162 g/mol. The Labute approximate surface area is 77.4 Å². The zero-order valence-corrected chi connectivity index (χ0v) is 7.57. The summed E-state index contributed by atoms with van der Waals surface area (Å²) in [5.41, 5.74) is 6.00. The maximum Gasteiger partial charge on any atom is 0.0836 e. The van der Waals surface area contributed by atoms with Gasteiger partial charge < -0.3 is 11.1 Å². The first-order valence-electron chi connectivity index (χ1n) is 4.62. The molecule has 0 aromatic carbocycles. The first-order valence-corrected chi connectivity index (χ1v) is 4.62. The second-order valence-corrected chi connectivity index (χ2v) is 4.30. The summed E-state index contributed by atoms with van der Waals surface area (Å²) in [6.45, 7) is 2.20. The van der Waals surface area contributed by atoms with Gasteiger partial charge in [-0.15, -0.1) is 0 Å². The van der Waals surface area contributed by atoms with Crippen LogP contribution in [0.3, 0.4) is 0 Å². The van der Waals surface area contributed by atoms with E-state index in [0.717, 1.165) is 0 Å². The number of nitrogens with one attached hydrogen (secondary N) is 1. The Bertz CT molecular complexity index is 344. The van der Waals surface area contributed by atoms with Crippen LogP contribution in [0, 0.1) is 5.41 Å². The minimum Gasteiger partial charge on any atom is -0.369 e. The maximum atomic E-state index is 6.30. The molecule has 3 N–H and O–H groups in total. The minimum absolute atomic E-state index is 0.00174. The summed E-state index contributed by atoms with van der Waals surface area (Å²) in [5.74, 6) is 0. The van der Waals surface area contributed by atoms with Crippen molar-refractivity contribution in [1.29, 1.82) is 0 Å². The van der Waals surface area contributed by atoms with E-state index in [0.29, 0.717) is 6.04 Å². The van der Waals surface area contributed by atoms with Crippen molar-refractivity contribution in [1.82, 2.24) is 5.32 Å². The van der Waals surface area contributed by atoms with Gasteiger partial charge in [0.1, 0.15) is 0 Å². The minimum atomic E-state index is -0.299. The molecule has 1 heterocycles. The predicted octanol–water partition coefficient (Wildman–Crippen LogP) is 0.198. The molecule has 4 atom stereocenters. The van der Waals surface area contributed by atoms with E-state index in [1.807, 2.05) is 0 Å². The molecule has 2 aliphatic carbocycles. The maximum absolute atomic E-state index is 6.30. The van der Waals surface area contributed by atoms with Crippen molar-refractivity contribution >= 4 is 6.34 Å². The highest BCUT2D eigenvalue weighted by atomic mass is 15.1. The summed E-state index contributed by atoms with van der Waals surface area (Å²) in [6, 6.07) is 0.564. The van der Waals surface area contributed by atoms with Crippen molar-refractivity contribution in [3.63, 3.8) is 0 Å². The Balaban J connectivity index is 2.20. The summed E-state index contributed by atoms with van der Waals surface area (Å²) in [4.78, 5) is 4.41. The van der Waals surface area contributed by atoms with Crippen molar-refractivity contribution in [2.24, 2.45) is 16.1 Å². The highest BCUT2D eigenvalue weighted by Crippen LogP contribution is 2.50. The van der Waals surface area contributed by atoms with Crippen molar-refractivity contribution in [3.8, 4) is 0 Å². The van der Waals surface area contributed by atoms with Crippen LogP contribution in [0.2, 0.25) is 0 Å². The lowest BCUT2D eigenvalue weighted by atomic mass is 9.70. The second-order valence-electron chi connectivity index (χ2n) is 4.30. The van der Waals surface area contributed by atoms with Crippen molar-refractivity contribution in [3.05, 3.63) is 24.3 Å². The molecule has 3 heteroatoms. The third-order valence-electron chi connectivity index (χ3n) is 3.80. The number of nitrogens with zero attached hydrogens (tertiary/aromatic N) is 1. The number of hydrogen-bond acceptors (Lipinski definition) is 3. The molecule has 0 radical (unpaired) electrons. The van der Waals surface area contributed by atoms with Gasteiger partial charge in [0.25, 0.3) is 0 Å². The standard InChI is InChI=1S/C10H13N3/c1-9-7-2-4-10(9,11)5-3-8(9)13-6-12-7/h2-8H,11H2,1H3,(H,12,13). The van der Waals surface area contributed by atoms with Crippen molar-refractivity contribution in [2.75, 3.05) is 0 Å². The molecule has 0 spiro atoms. The fraction of sp³-hybridized carbons (Fsp3) is 0.500. The van der Waals surface area contributed by atoms with Gasteiger partial charge in [-0.2, -0.15) is 0 Å². The van der Waals surface area contributed by atoms with E-state index in [2.05, 4.69) is 41.5 Å². The van der Waals surface area contributed by atoms with E-state index in [4.69, 9.17) is 5.73 Å². The monoisotopic (exact) mass is 175 g/mol. The summed E-state index contributed by atoms with van der Waals surface area (Å²) in [7, 11) is 0. The van der Waals surface area contributed by atoms with Crippen LogP contribution in [0.15, 0.2) is 29.3 Å². The molecule has 3 aliphatic rings. The summed E-state index contributed by atoms with van der Waals surface area (Å²) >= 11 is 0. The average molecular weight is 175 g/mol. The third kappa shape index (κ3) is 0.603. The zero-order valence-electron chi connectivity index (χ0n) is 7.57. The van der Waals surface area contributed by atoms with Gasteiger partial charge in [0, 0.05) is 5.41 Å². The molecule has 0 saturated heterocycles. The van der Waals surface area contributed by atoms with E-state index in [-0.39, 0.29) is 17.0 Å². The van der Waals surface area contributed by atoms with Gasteiger partial charge in [-0.25, -0.2) is 0 Å². The molecule has 3 nitrogen and oxygen atoms in total. The van der Waals surface area contributed by atoms with Crippen LogP contribution in [0.5, 0.6) is 0 Å². The molecule has 1 aliphatic heterocycles. The normalized spacial score (nSPS) is 55.2. The first-order chi connectivity index (χ1) is 6.17. The van der Waals surface area contributed by atoms with Crippen LogP contribution in [0.4, 0.5) is 0 Å². The van der Waals surface area contributed by atoms with Crippen LogP contribution in [0.25, 0.3) is 0 Å². The van der Waals surface area contributed by atoms with E-state index in [9.17, 15) is 0 Å². The fourth-order valence-electron chi connectivity index (χ4n) is 2.67. The molecule has 3 rings (SSSR count). The number of hydrogen-bond donors (Lipinski definition) is 2. The smallest absolute Gasteiger partial charge is 0.0836 e. The molecule has 0 amide bonds. The Morgan fingerprint density at radius 3 is 3.00 bits per heavy atom. The predicted molar refractivity (Wildman–Crippen MR) is 52.5 cm³/mol. The average Bonchev–Trinajstić information content (AvgIpc) is 2.53. The largest absolute Gasteiger partial charge is 0.369 e. The van der Waals surface area contributed by atoms with Crippen molar-refractivity contribution < 1.29 is 0 Å². The van der Waals surface area contributed by atoms with E-state index < -0.39 is 0 Å². The van der Waals surface area contributed by atoms with Crippen LogP contribution in [0.1, 0.15) is 6.92 Å². The van der Waals surface area contributed by atoms with Crippen LogP contribution in [-0.4, -0.2) is 24.0 Å². The van der Waals surface area contributed by atoms with Crippen LogP contribution in [-0.2, 0) is 0 Å². The van der Waals surface area contributed by atoms with Gasteiger partial charge in [0.2, 0.25) is 0 Å². The van der Waals surface area contributed by atoms with Gasteiger partial charge in [0.05, 0.1) is 24.0 Å². The lowest BCUT2D eigenvalue weighted by Crippen LogP contribution is -2.60. The fourth-order valence-corrected chi connectivity index (χ4v) is 2.67. The van der Waals surface area contributed by atoms with Crippen LogP contribution >= 0.6 is 0 Å². The molecule has 0 aromatic heterocycles. The molecule has 0 bridgehead atoms. The van der Waals surface area contributed by atoms with Gasteiger partial charge in [-0.1, -0.05) is 31.2 Å². The molecule has 0 aromatic rings. The Morgan fingerprint density at radius 2 is 2.15 bits per heavy atom. The highest BCUT2D eigenvalue weighted by Gasteiger charge is 2.58. The van der Waals surface area contributed by atoms with Gasteiger partial charge >= 0.3 is 0 Å². The molecule has 4 unspecified atom stereocenters. The second kappa shape index (κ2) is 1.87. The van der Waals surface area contributed by atoms with Gasteiger partial charge in [-0.3, -0.25) is 4.99 Å². The molecular formula is C10H13N3. The number of nitrogens with two attached hydrogens (primary N) is 1. The van der Waals surface area contributed by atoms with Crippen molar-refractivity contribution in [2.45, 2.75) is 24.5 Å². The molecule has 13 heavy (non-hydrogen) atoms. The molecule has 0 fully saturated rings. The Hall–Kier alpha value is -1.09. The van der Waals surface area contributed by atoms with E-state index in [1.165, 1.54) is 0 Å². The molecule has 0 saturated carbocycles. The lowest BCUT2D eigenvalue weighted by Gasteiger charge is -2.43. The number of rotatable bonds is 0. The topological polar surface area (TPSA) is 50.4 Å².